The summed E-state index contributed by atoms with van der Waals surface area (Å²) in [5.41, 5.74) is 2.23. The van der Waals surface area contributed by atoms with E-state index in [0.29, 0.717) is 17.2 Å². The van der Waals surface area contributed by atoms with E-state index in [0.717, 1.165) is 16.9 Å². The standard InChI is InChI=1S/C20H17ClFNO2/c1-23(12-15-4-2-3-5-18(15)22)20(24)9-6-14-10-16-11-17(21)7-8-19(16)25-13-14/h2-11H,12-13H2,1H3/b9-6+. The average Bonchev–Trinajstić information content (AvgIpc) is 2.61. The van der Waals surface area contributed by atoms with Gasteiger partial charge in [0.1, 0.15) is 18.2 Å². The van der Waals surface area contributed by atoms with Crippen molar-refractivity contribution in [2.24, 2.45) is 0 Å². The fourth-order valence-corrected chi connectivity index (χ4v) is 2.71. The number of rotatable bonds is 4. The van der Waals surface area contributed by atoms with Gasteiger partial charge in [-0.15, -0.1) is 0 Å². The third-order valence-electron chi connectivity index (χ3n) is 3.89. The van der Waals surface area contributed by atoms with Gasteiger partial charge >= 0.3 is 0 Å². The molecule has 0 radical (unpaired) electrons. The zero-order chi connectivity index (χ0) is 17.8. The summed E-state index contributed by atoms with van der Waals surface area (Å²) < 4.78 is 19.3. The van der Waals surface area contributed by atoms with Crippen molar-refractivity contribution in [3.05, 3.63) is 82.2 Å². The van der Waals surface area contributed by atoms with Crippen LogP contribution in [0.1, 0.15) is 11.1 Å². The zero-order valence-electron chi connectivity index (χ0n) is 13.7. The Labute approximate surface area is 151 Å². The molecule has 0 unspecified atom stereocenters. The minimum absolute atomic E-state index is 0.207. The molecule has 0 saturated heterocycles. The minimum Gasteiger partial charge on any atom is -0.488 e. The average molecular weight is 358 g/mol. The number of ether oxygens (including phenoxy) is 1. The Hall–Kier alpha value is -2.59. The van der Waals surface area contributed by atoms with Gasteiger partial charge in [-0.2, -0.15) is 0 Å². The Kier molecular flexibility index (Phi) is 5.19. The predicted molar refractivity (Wildman–Crippen MR) is 96.9 cm³/mol. The maximum Gasteiger partial charge on any atom is 0.246 e. The molecule has 2 aromatic rings. The van der Waals surface area contributed by atoms with Crippen LogP contribution in [-0.2, 0) is 11.3 Å². The van der Waals surface area contributed by atoms with Crippen molar-refractivity contribution in [3.8, 4) is 5.75 Å². The van der Waals surface area contributed by atoms with Crippen molar-refractivity contribution in [2.45, 2.75) is 6.54 Å². The first-order chi connectivity index (χ1) is 12.0. The van der Waals surface area contributed by atoms with Gasteiger partial charge in [-0.3, -0.25) is 4.79 Å². The molecule has 0 aromatic heterocycles. The molecule has 1 aliphatic rings. The van der Waals surface area contributed by atoms with Gasteiger partial charge in [0.25, 0.3) is 0 Å². The Bertz CT molecular complexity index is 861. The number of carbonyl (C=O) groups excluding carboxylic acids is 1. The van der Waals surface area contributed by atoms with E-state index >= 15 is 0 Å². The van der Waals surface area contributed by atoms with Crippen LogP contribution < -0.4 is 4.74 Å². The molecule has 0 fully saturated rings. The number of halogens is 2. The lowest BCUT2D eigenvalue weighted by atomic mass is 10.1. The van der Waals surface area contributed by atoms with Crippen LogP contribution in [0.25, 0.3) is 6.08 Å². The summed E-state index contributed by atoms with van der Waals surface area (Å²) in [5.74, 6) is 0.244. The van der Waals surface area contributed by atoms with Gasteiger partial charge in [0.2, 0.25) is 5.91 Å². The van der Waals surface area contributed by atoms with Crippen LogP contribution >= 0.6 is 11.6 Å². The zero-order valence-corrected chi connectivity index (χ0v) is 14.5. The van der Waals surface area contributed by atoms with Crippen LogP contribution in [0, 0.1) is 5.82 Å². The van der Waals surface area contributed by atoms with E-state index in [4.69, 9.17) is 16.3 Å². The molecule has 1 amide bonds. The summed E-state index contributed by atoms with van der Waals surface area (Å²) in [6, 6.07) is 11.8. The van der Waals surface area contributed by atoms with Crippen LogP contribution in [0.5, 0.6) is 5.75 Å². The molecule has 0 bridgehead atoms. The van der Waals surface area contributed by atoms with Crippen molar-refractivity contribution in [2.75, 3.05) is 13.7 Å². The summed E-state index contributed by atoms with van der Waals surface area (Å²) in [6.45, 7) is 0.597. The lowest BCUT2D eigenvalue weighted by molar-refractivity contribution is -0.125. The fourth-order valence-electron chi connectivity index (χ4n) is 2.53. The third-order valence-corrected chi connectivity index (χ3v) is 4.12. The van der Waals surface area contributed by atoms with E-state index in [9.17, 15) is 9.18 Å². The highest BCUT2D eigenvalue weighted by molar-refractivity contribution is 6.30. The summed E-state index contributed by atoms with van der Waals surface area (Å²) >= 11 is 5.99. The number of nitrogens with zero attached hydrogens (tertiary/aromatic N) is 1. The summed E-state index contributed by atoms with van der Waals surface area (Å²) in [4.78, 5) is 13.7. The Morgan fingerprint density at radius 1 is 1.32 bits per heavy atom. The number of likely N-dealkylation sites (N-methyl/N-ethyl adjacent to an activating group) is 1. The van der Waals surface area contributed by atoms with Crippen molar-refractivity contribution >= 4 is 23.6 Å². The molecule has 0 saturated carbocycles. The van der Waals surface area contributed by atoms with Crippen molar-refractivity contribution in [3.63, 3.8) is 0 Å². The van der Waals surface area contributed by atoms with Crippen LogP contribution in [0.2, 0.25) is 5.02 Å². The molecule has 0 atom stereocenters. The summed E-state index contributed by atoms with van der Waals surface area (Å²) in [5, 5.41) is 0.629. The van der Waals surface area contributed by atoms with E-state index in [1.165, 1.54) is 17.0 Å². The lowest BCUT2D eigenvalue weighted by Gasteiger charge is -2.17. The Morgan fingerprint density at radius 2 is 2.12 bits per heavy atom. The highest BCUT2D eigenvalue weighted by atomic mass is 35.5. The fraction of sp³-hybridized carbons (Fsp3) is 0.150. The first kappa shape index (κ1) is 17.2. The van der Waals surface area contributed by atoms with Crippen LogP contribution in [-0.4, -0.2) is 24.5 Å². The van der Waals surface area contributed by atoms with Crippen LogP contribution in [0.3, 0.4) is 0 Å². The highest BCUT2D eigenvalue weighted by Gasteiger charge is 2.12. The van der Waals surface area contributed by atoms with Crippen LogP contribution in [0.15, 0.2) is 60.2 Å². The van der Waals surface area contributed by atoms with Gasteiger partial charge in [0.15, 0.2) is 0 Å². The van der Waals surface area contributed by atoms with Crippen LogP contribution in [0.4, 0.5) is 4.39 Å². The molecule has 1 aliphatic heterocycles. The van der Waals surface area contributed by atoms with Gasteiger partial charge < -0.3 is 9.64 Å². The first-order valence-corrected chi connectivity index (χ1v) is 8.20. The summed E-state index contributed by atoms with van der Waals surface area (Å²) in [6.07, 6.45) is 5.11. The van der Waals surface area contributed by atoms with E-state index < -0.39 is 0 Å². The second-order valence-corrected chi connectivity index (χ2v) is 6.25. The molecule has 0 spiro atoms. The van der Waals surface area contributed by atoms with E-state index in [2.05, 4.69) is 0 Å². The predicted octanol–water partition coefficient (Wildman–Crippen LogP) is 4.47. The van der Waals surface area contributed by atoms with E-state index in [1.54, 1.807) is 37.4 Å². The number of fused-ring (bicyclic) bond motifs is 1. The van der Waals surface area contributed by atoms with E-state index in [1.807, 2.05) is 18.2 Å². The quantitative estimate of drug-likeness (QED) is 0.755. The smallest absolute Gasteiger partial charge is 0.246 e. The number of hydrogen-bond acceptors (Lipinski definition) is 2. The molecule has 1 heterocycles. The molecule has 5 heteroatoms. The van der Waals surface area contributed by atoms with Gasteiger partial charge in [-0.05, 0) is 35.9 Å². The first-order valence-electron chi connectivity index (χ1n) is 7.82. The molecule has 2 aromatic carbocycles. The van der Waals surface area contributed by atoms with Gasteiger partial charge in [0.05, 0.1) is 0 Å². The van der Waals surface area contributed by atoms with Gasteiger partial charge in [0, 0.05) is 35.8 Å². The SMILES string of the molecule is CN(Cc1ccccc1F)C(=O)/C=C/C1=Cc2cc(Cl)ccc2OC1. The largest absolute Gasteiger partial charge is 0.488 e. The number of hydrogen-bond donors (Lipinski definition) is 0. The van der Waals surface area contributed by atoms with Gasteiger partial charge in [-0.1, -0.05) is 35.9 Å². The molecule has 3 nitrogen and oxygen atoms in total. The normalized spacial score (nSPS) is 13.2. The molecule has 128 valence electrons. The monoisotopic (exact) mass is 357 g/mol. The summed E-state index contributed by atoms with van der Waals surface area (Å²) in [7, 11) is 1.64. The molecule has 0 aliphatic carbocycles. The highest BCUT2D eigenvalue weighted by Crippen LogP contribution is 2.29. The maximum absolute atomic E-state index is 13.7. The van der Waals surface area contributed by atoms with Crippen molar-refractivity contribution < 1.29 is 13.9 Å². The maximum atomic E-state index is 13.7. The molecular weight excluding hydrogens is 341 g/mol. The number of carbonyl (C=O) groups is 1. The van der Waals surface area contributed by atoms with Gasteiger partial charge in [-0.25, -0.2) is 4.39 Å². The van der Waals surface area contributed by atoms with Crippen molar-refractivity contribution in [1.82, 2.24) is 4.90 Å². The Morgan fingerprint density at radius 3 is 2.92 bits per heavy atom. The minimum atomic E-state index is -0.317. The Balaban J connectivity index is 1.67. The number of benzene rings is 2. The second kappa shape index (κ2) is 7.53. The molecule has 25 heavy (non-hydrogen) atoms. The third kappa shape index (κ3) is 4.28. The second-order valence-electron chi connectivity index (χ2n) is 5.81. The van der Waals surface area contributed by atoms with E-state index in [-0.39, 0.29) is 18.3 Å². The topological polar surface area (TPSA) is 29.5 Å². The van der Waals surface area contributed by atoms with Crippen molar-refractivity contribution in [1.29, 1.82) is 0 Å². The molecule has 0 N–H and O–H groups in total. The molecule has 3 rings (SSSR count). The lowest BCUT2D eigenvalue weighted by Crippen LogP contribution is -2.24. The molecular formula is C20H17ClFNO2. The number of amides is 1.